The first-order chi connectivity index (χ1) is 24.3. The molecule has 3 heterocycles. The van der Waals surface area contributed by atoms with E-state index in [1.54, 1.807) is 0 Å². The van der Waals surface area contributed by atoms with Crippen molar-refractivity contribution in [3.05, 3.63) is 158 Å². The minimum absolute atomic E-state index is 0.799. The monoisotopic (exact) mass is 626 g/mol. The topological polar surface area (TPSA) is 39.4 Å². The van der Waals surface area contributed by atoms with Crippen LogP contribution in [0.3, 0.4) is 0 Å². The second-order valence-electron chi connectivity index (χ2n) is 12.8. The molecule has 0 N–H and O–H groups in total. The maximum atomic E-state index is 6.63. The highest BCUT2D eigenvalue weighted by molar-refractivity contribution is 6.30. The molecule has 0 saturated carbocycles. The van der Waals surface area contributed by atoms with Gasteiger partial charge in [0.1, 0.15) is 33.7 Å². The Morgan fingerprint density at radius 3 is 1.51 bits per heavy atom. The summed E-state index contributed by atoms with van der Waals surface area (Å²) in [6.45, 7) is 0. The third-order valence-corrected chi connectivity index (χ3v) is 10.1. The lowest BCUT2D eigenvalue weighted by Gasteiger charge is -2.18. The quantitative estimate of drug-likeness (QED) is 0.183. The Morgan fingerprint density at radius 2 is 0.796 bits per heavy atom. The largest absolute Gasteiger partial charge is 0.456 e. The Kier molecular flexibility index (Phi) is 5.38. The lowest BCUT2D eigenvalue weighted by Crippen LogP contribution is -1.92. The summed E-state index contributed by atoms with van der Waals surface area (Å²) >= 11 is 0. The Labute approximate surface area is 280 Å². The van der Waals surface area contributed by atoms with Crippen molar-refractivity contribution in [2.24, 2.45) is 0 Å². The molecule has 8 aromatic carbocycles. The van der Waals surface area contributed by atoms with E-state index in [-0.39, 0.29) is 0 Å². The molecule has 3 heteroatoms. The van der Waals surface area contributed by atoms with Gasteiger partial charge in [0.05, 0.1) is 0 Å². The lowest BCUT2D eigenvalue weighted by molar-refractivity contribution is 0.628. The molecule has 3 nitrogen and oxygen atoms in total. The Morgan fingerprint density at radius 1 is 0.265 bits per heavy atom. The zero-order chi connectivity index (χ0) is 32.1. The van der Waals surface area contributed by atoms with Crippen LogP contribution in [0, 0.1) is 0 Å². The van der Waals surface area contributed by atoms with Gasteiger partial charge in [-0.2, -0.15) is 0 Å². The summed E-state index contributed by atoms with van der Waals surface area (Å²) in [6, 6.07) is 55.4. The smallest absolute Gasteiger partial charge is 0.139 e. The molecule has 0 aliphatic rings. The van der Waals surface area contributed by atoms with E-state index in [0.29, 0.717) is 0 Å². The van der Waals surface area contributed by atoms with E-state index in [1.807, 2.05) is 42.5 Å². The molecule has 228 valence electrons. The van der Waals surface area contributed by atoms with Crippen molar-refractivity contribution in [2.75, 3.05) is 0 Å². The molecule has 0 atom stereocenters. The molecule has 11 aromatic rings. The second kappa shape index (κ2) is 9.96. The SMILES string of the molecule is c1ccc(-c2cc3c(-c4c5ccccc5c(-c5ccc6c(c5)oc5ccccc56)c5ccccc45)c4c(cc3o2)oc2ccccc24)cc1. The molecule has 0 aliphatic heterocycles. The highest BCUT2D eigenvalue weighted by atomic mass is 16.3. The fourth-order valence-electron chi connectivity index (χ4n) is 7.98. The number of para-hydroxylation sites is 2. The average molecular weight is 627 g/mol. The fourth-order valence-corrected chi connectivity index (χ4v) is 7.98. The summed E-state index contributed by atoms with van der Waals surface area (Å²) in [6.07, 6.45) is 0. The van der Waals surface area contributed by atoms with Crippen molar-refractivity contribution in [3.63, 3.8) is 0 Å². The van der Waals surface area contributed by atoms with Crippen molar-refractivity contribution in [2.45, 2.75) is 0 Å². The van der Waals surface area contributed by atoms with Crippen molar-refractivity contribution >= 4 is 76.4 Å². The van der Waals surface area contributed by atoms with Crippen molar-refractivity contribution in [1.82, 2.24) is 0 Å². The Balaban J connectivity index is 1.29. The summed E-state index contributed by atoms with van der Waals surface area (Å²) in [5, 5.41) is 10.2. The molecule has 3 aromatic heterocycles. The predicted molar refractivity (Wildman–Crippen MR) is 202 cm³/mol. The van der Waals surface area contributed by atoms with Gasteiger partial charge >= 0.3 is 0 Å². The minimum Gasteiger partial charge on any atom is -0.456 e. The third-order valence-electron chi connectivity index (χ3n) is 10.1. The summed E-state index contributed by atoms with van der Waals surface area (Å²) in [7, 11) is 0. The van der Waals surface area contributed by atoms with Crippen LogP contribution in [0.15, 0.2) is 171 Å². The van der Waals surface area contributed by atoms with Gasteiger partial charge in [-0.05, 0) is 68.6 Å². The van der Waals surface area contributed by atoms with Gasteiger partial charge in [-0.25, -0.2) is 0 Å². The molecule has 0 fully saturated rings. The normalized spacial score (nSPS) is 12.1. The van der Waals surface area contributed by atoms with Crippen LogP contribution < -0.4 is 0 Å². The first-order valence-corrected chi connectivity index (χ1v) is 16.6. The van der Waals surface area contributed by atoms with E-state index < -0.39 is 0 Å². The molecule has 0 saturated heterocycles. The van der Waals surface area contributed by atoms with Gasteiger partial charge in [-0.15, -0.1) is 0 Å². The van der Waals surface area contributed by atoms with Gasteiger partial charge in [-0.1, -0.05) is 121 Å². The van der Waals surface area contributed by atoms with Crippen molar-refractivity contribution < 1.29 is 13.3 Å². The maximum absolute atomic E-state index is 6.63. The molecular weight excluding hydrogens is 601 g/mol. The third kappa shape index (κ3) is 3.78. The Hall–Kier alpha value is -6.58. The lowest BCUT2D eigenvalue weighted by atomic mass is 9.84. The number of hydrogen-bond donors (Lipinski definition) is 0. The van der Waals surface area contributed by atoms with Crippen LogP contribution >= 0.6 is 0 Å². The first-order valence-electron chi connectivity index (χ1n) is 16.6. The standard InChI is InChI=1S/C46H26O3/c1-2-12-27(13-3-1)39-25-36-41(49-39)26-42-45(35-19-9-11-21-38(35)48-42)46(36)44-33-17-6-4-15-31(33)43(32-16-5-7-18-34(32)44)28-22-23-30-29-14-8-10-20-37(29)47-40(30)24-28/h1-26H. The first kappa shape index (κ1) is 26.5. The summed E-state index contributed by atoms with van der Waals surface area (Å²) in [5.74, 6) is 0.832. The van der Waals surface area contributed by atoms with E-state index in [4.69, 9.17) is 13.3 Å². The zero-order valence-electron chi connectivity index (χ0n) is 26.2. The van der Waals surface area contributed by atoms with E-state index >= 15 is 0 Å². The van der Waals surface area contributed by atoms with E-state index in [1.165, 1.54) is 32.7 Å². The van der Waals surface area contributed by atoms with E-state index in [9.17, 15) is 0 Å². The average Bonchev–Trinajstić information content (AvgIpc) is 3.86. The van der Waals surface area contributed by atoms with Gasteiger partial charge in [0.2, 0.25) is 0 Å². The fraction of sp³-hybridized carbons (Fsp3) is 0. The molecular formula is C46H26O3. The van der Waals surface area contributed by atoms with Crippen LogP contribution in [-0.4, -0.2) is 0 Å². The summed E-state index contributed by atoms with van der Waals surface area (Å²) in [4.78, 5) is 0. The molecule has 0 bridgehead atoms. The van der Waals surface area contributed by atoms with Crippen molar-refractivity contribution in [1.29, 1.82) is 0 Å². The molecule has 0 unspecified atom stereocenters. The number of hydrogen-bond acceptors (Lipinski definition) is 3. The number of furan rings is 3. The zero-order valence-corrected chi connectivity index (χ0v) is 26.2. The van der Waals surface area contributed by atoms with Gasteiger partial charge in [0.15, 0.2) is 0 Å². The van der Waals surface area contributed by atoms with Crippen LogP contribution in [0.5, 0.6) is 0 Å². The molecule has 0 aliphatic carbocycles. The maximum Gasteiger partial charge on any atom is 0.139 e. The van der Waals surface area contributed by atoms with Gasteiger partial charge in [0.25, 0.3) is 0 Å². The highest BCUT2D eigenvalue weighted by Crippen LogP contribution is 2.50. The van der Waals surface area contributed by atoms with Crippen LogP contribution in [0.2, 0.25) is 0 Å². The van der Waals surface area contributed by atoms with E-state index in [0.717, 1.165) is 77.3 Å². The predicted octanol–water partition coefficient (Wildman–Crippen LogP) is 13.5. The van der Waals surface area contributed by atoms with Gasteiger partial charge in [-0.3, -0.25) is 0 Å². The summed E-state index contributed by atoms with van der Waals surface area (Å²) in [5.41, 5.74) is 9.90. The summed E-state index contributed by atoms with van der Waals surface area (Å²) < 4.78 is 19.6. The van der Waals surface area contributed by atoms with Crippen LogP contribution in [0.4, 0.5) is 0 Å². The van der Waals surface area contributed by atoms with Gasteiger partial charge < -0.3 is 13.3 Å². The Bertz CT molecular complexity index is 3040. The van der Waals surface area contributed by atoms with E-state index in [2.05, 4.69) is 115 Å². The number of benzene rings is 8. The van der Waals surface area contributed by atoms with Crippen LogP contribution in [0.1, 0.15) is 0 Å². The highest BCUT2D eigenvalue weighted by Gasteiger charge is 2.24. The molecule has 0 radical (unpaired) electrons. The van der Waals surface area contributed by atoms with Crippen molar-refractivity contribution in [3.8, 4) is 33.6 Å². The molecule has 11 rings (SSSR count). The number of rotatable bonds is 3. The van der Waals surface area contributed by atoms with Crippen LogP contribution in [0.25, 0.3) is 110 Å². The number of fused-ring (bicyclic) bond motifs is 9. The molecule has 0 amide bonds. The molecule has 49 heavy (non-hydrogen) atoms. The van der Waals surface area contributed by atoms with Crippen LogP contribution in [-0.2, 0) is 0 Å². The molecule has 0 spiro atoms. The van der Waals surface area contributed by atoms with Gasteiger partial charge in [0, 0.05) is 44.1 Å². The second-order valence-corrected chi connectivity index (χ2v) is 12.8. The minimum atomic E-state index is 0.799.